The molecule has 0 bridgehead atoms. The van der Waals surface area contributed by atoms with E-state index in [1.807, 2.05) is 51.1 Å². The van der Waals surface area contributed by atoms with Crippen LogP contribution in [0.3, 0.4) is 0 Å². The Labute approximate surface area is 432 Å². The van der Waals surface area contributed by atoms with Crippen molar-refractivity contribution in [1.82, 2.24) is 15.5 Å². The normalized spacial score (nSPS) is 18.4. The molecule has 0 aromatic heterocycles. The van der Waals surface area contributed by atoms with Crippen molar-refractivity contribution in [3.8, 4) is 28.7 Å². The highest BCUT2D eigenvalue weighted by molar-refractivity contribution is 7.99. The number of nitrogens with one attached hydrogen (secondary N) is 2. The van der Waals surface area contributed by atoms with E-state index in [2.05, 4.69) is 25.0 Å². The van der Waals surface area contributed by atoms with E-state index in [0.717, 1.165) is 79.3 Å². The van der Waals surface area contributed by atoms with Crippen LogP contribution in [0.4, 0.5) is 0 Å². The number of phenolic OH excluding ortho intramolecular Hbond substituents is 5. The molecular formula is C54H63N3O16S. The number of β-amino-alcohol motifs (C(OH)–C–C–N with tert-alkyl or cyclic N) is 1. The highest BCUT2D eigenvalue weighted by Gasteiger charge is 2.42. The fourth-order valence-electron chi connectivity index (χ4n) is 8.49. The summed E-state index contributed by atoms with van der Waals surface area (Å²) in [6.07, 6.45) is 3.52. The van der Waals surface area contributed by atoms with E-state index in [9.17, 15) is 69.6 Å². The van der Waals surface area contributed by atoms with Gasteiger partial charge in [0.1, 0.15) is 5.75 Å². The molecule has 4 aromatic carbocycles. The maximum Gasteiger partial charge on any atom is 0.349 e. The molecule has 2 fully saturated rings. The number of phenols is 5. The van der Waals surface area contributed by atoms with Gasteiger partial charge in [-0.15, -0.1) is 11.8 Å². The molecule has 19 nitrogen and oxygen atoms in total. The summed E-state index contributed by atoms with van der Waals surface area (Å²) in [7, 11) is 0. The van der Waals surface area contributed by atoms with Crippen molar-refractivity contribution >= 4 is 59.6 Å². The third-order valence-corrected chi connectivity index (χ3v) is 13.4. The molecule has 4 aromatic rings. The van der Waals surface area contributed by atoms with Gasteiger partial charge < -0.3 is 61.0 Å². The fraction of sp³-hybridized carbons (Fsp3) is 0.370. The summed E-state index contributed by atoms with van der Waals surface area (Å²) in [6, 6.07) is 21.0. The van der Waals surface area contributed by atoms with Crippen molar-refractivity contribution in [1.29, 1.82) is 0 Å². The molecule has 0 radical (unpaired) electrons. The molecule has 2 aliphatic rings. The third kappa shape index (κ3) is 17.0. The number of aliphatic hydroxyl groups excluding tert-OH is 1. The summed E-state index contributed by atoms with van der Waals surface area (Å²) in [4.78, 5) is 76.9. The maximum absolute atomic E-state index is 13.5. The van der Waals surface area contributed by atoms with E-state index in [1.165, 1.54) is 25.0 Å². The topological polar surface area (TPSA) is 310 Å². The minimum absolute atomic E-state index is 0.0124. The second-order valence-corrected chi connectivity index (χ2v) is 20.1. The SMILES string of the molecule is Cc1c(O)cccc1C(=O)N[C@@H](CSc1ccccc1)[C@H](O)CN1C[C@H]2CCCC[C@H]2C[C@H]1C(=O)NC(C)(C)C.O=C(/C=C/c1ccc(O)c(O)c1)O[C@@H](C(=O)O)[C@@H](OC(=O)/C=C/c1ccc(O)c(O)c1)C(=O)O. The fourth-order valence-corrected chi connectivity index (χ4v) is 9.52. The number of benzene rings is 4. The molecule has 1 saturated carbocycles. The number of thioether (sulfide) groups is 1. The van der Waals surface area contributed by atoms with Gasteiger partial charge in [-0.05, 0) is 124 Å². The number of likely N-dealkylation sites (tertiary alicyclic amines) is 1. The number of piperidine rings is 1. The van der Waals surface area contributed by atoms with Crippen LogP contribution < -0.4 is 10.6 Å². The van der Waals surface area contributed by atoms with Gasteiger partial charge in [0.2, 0.25) is 18.1 Å². The van der Waals surface area contributed by atoms with Crippen LogP contribution in [-0.4, -0.2) is 136 Å². The Morgan fingerprint density at radius 3 is 1.77 bits per heavy atom. The molecule has 1 aliphatic carbocycles. The molecule has 1 aliphatic heterocycles. The zero-order valence-electron chi connectivity index (χ0n) is 41.3. The zero-order valence-corrected chi connectivity index (χ0v) is 42.1. The minimum atomic E-state index is -2.40. The van der Waals surface area contributed by atoms with Crippen LogP contribution in [0.1, 0.15) is 79.9 Å². The number of ether oxygens (including phenoxy) is 2. The Kier molecular flexibility index (Phi) is 20.5. The summed E-state index contributed by atoms with van der Waals surface area (Å²) < 4.78 is 9.25. The average Bonchev–Trinajstić information content (AvgIpc) is 3.34. The van der Waals surface area contributed by atoms with Gasteiger partial charge in [0.15, 0.2) is 23.0 Å². The summed E-state index contributed by atoms with van der Waals surface area (Å²) in [5.74, 6) is -6.90. The summed E-state index contributed by atoms with van der Waals surface area (Å²) in [5.41, 5.74) is 0.998. The zero-order chi connectivity index (χ0) is 54.3. The first kappa shape index (κ1) is 57.4. The van der Waals surface area contributed by atoms with E-state index < -0.39 is 71.2 Å². The number of aliphatic hydroxyl groups is 1. The molecule has 0 spiro atoms. The quantitative estimate of drug-likeness (QED) is 0.0237. The van der Waals surface area contributed by atoms with Crippen molar-refractivity contribution in [3.05, 3.63) is 119 Å². The van der Waals surface area contributed by atoms with Crippen LogP contribution in [-0.2, 0) is 33.4 Å². The standard InChI is InChI=1S/C32H45N3O4S.C22H18O12/c1-21-25(15-10-16-28(21)36)30(38)33-26(20-40-24-13-6-5-7-14-24)29(37)19-35-18-23-12-9-8-11-22(23)17-27(35)31(39)34-32(2,3)4;23-13-5-1-11(9-15(13)25)3-7-17(27)33-19(21(29)30)20(22(31)32)34-18(28)8-4-12-2-6-14(24)16(26)10-12/h5-7,10,13-16,22-23,26-27,29,36-37H,8-9,11-12,17-20H2,1-4H3,(H,33,38)(H,34,39);1-10,19-20,23-26H,(H,29,30)(H,31,32)/b;7-3+,8-4+/t22-,23+,26-,27-,29+;19-,20-/m01/s1. The van der Waals surface area contributed by atoms with E-state index >= 15 is 0 Å². The number of fused-ring (bicyclic) bond motifs is 1. The number of carbonyl (C=O) groups is 6. The molecule has 74 heavy (non-hydrogen) atoms. The smallest absolute Gasteiger partial charge is 0.349 e. The van der Waals surface area contributed by atoms with Gasteiger partial charge in [0, 0.05) is 52.6 Å². The van der Waals surface area contributed by atoms with Crippen LogP contribution in [0.2, 0.25) is 0 Å². The van der Waals surface area contributed by atoms with Crippen molar-refractivity contribution < 1.29 is 79.1 Å². The number of rotatable bonds is 18. The van der Waals surface area contributed by atoms with Crippen LogP contribution in [0, 0.1) is 18.8 Å². The number of nitrogens with zero attached hydrogens (tertiary/aromatic N) is 1. The summed E-state index contributed by atoms with van der Waals surface area (Å²) in [5, 5.41) is 83.9. The highest BCUT2D eigenvalue weighted by Crippen LogP contribution is 2.39. The second-order valence-electron chi connectivity index (χ2n) is 19.0. The number of carboxylic acids is 2. The molecule has 20 heteroatoms. The molecule has 2 amide bonds. The summed E-state index contributed by atoms with van der Waals surface area (Å²) >= 11 is 1.57. The largest absolute Gasteiger partial charge is 0.508 e. The molecule has 10 N–H and O–H groups in total. The maximum atomic E-state index is 13.5. The first-order chi connectivity index (χ1) is 35.0. The average molecular weight is 1040 g/mol. The number of carbonyl (C=O) groups excluding carboxylic acids is 4. The molecule has 6 rings (SSSR count). The van der Waals surface area contributed by atoms with E-state index in [-0.39, 0.29) is 40.3 Å². The minimum Gasteiger partial charge on any atom is -0.508 e. The van der Waals surface area contributed by atoms with Gasteiger partial charge in [0.25, 0.3) is 5.91 Å². The molecule has 0 unspecified atom stereocenters. The Hall–Kier alpha value is -7.55. The lowest BCUT2D eigenvalue weighted by atomic mass is 9.72. The van der Waals surface area contributed by atoms with Crippen LogP contribution in [0.25, 0.3) is 12.2 Å². The predicted molar refractivity (Wildman–Crippen MR) is 273 cm³/mol. The Bertz CT molecular complexity index is 2600. The molecule has 396 valence electrons. The number of aromatic hydroxyl groups is 5. The first-order valence-corrected chi connectivity index (χ1v) is 24.8. The van der Waals surface area contributed by atoms with Crippen LogP contribution in [0.15, 0.2) is 102 Å². The Morgan fingerprint density at radius 1 is 0.716 bits per heavy atom. The van der Waals surface area contributed by atoms with Crippen molar-refractivity contribution in [2.24, 2.45) is 11.8 Å². The van der Waals surface area contributed by atoms with Gasteiger partial charge in [-0.3, -0.25) is 14.5 Å². The van der Waals surface area contributed by atoms with E-state index in [0.29, 0.717) is 35.3 Å². The number of esters is 2. The highest BCUT2D eigenvalue weighted by atomic mass is 32.2. The first-order valence-electron chi connectivity index (χ1n) is 23.8. The number of aliphatic carboxylic acids is 2. The summed E-state index contributed by atoms with van der Waals surface area (Å²) in [6.45, 7) is 8.76. The second kappa shape index (κ2) is 26.4. The Morgan fingerprint density at radius 2 is 1.26 bits per heavy atom. The molecule has 1 saturated heterocycles. The van der Waals surface area contributed by atoms with E-state index in [1.54, 1.807) is 36.9 Å². The van der Waals surface area contributed by atoms with Crippen molar-refractivity contribution in [2.75, 3.05) is 18.8 Å². The van der Waals surface area contributed by atoms with Crippen LogP contribution >= 0.6 is 11.8 Å². The van der Waals surface area contributed by atoms with Gasteiger partial charge in [-0.25, -0.2) is 19.2 Å². The van der Waals surface area contributed by atoms with Gasteiger partial charge in [-0.2, -0.15) is 0 Å². The molecule has 7 atom stereocenters. The van der Waals surface area contributed by atoms with Crippen molar-refractivity contribution in [2.45, 2.75) is 101 Å². The monoisotopic (exact) mass is 1040 g/mol. The third-order valence-electron chi connectivity index (χ3n) is 12.3. The predicted octanol–water partition coefficient (Wildman–Crippen LogP) is 5.98. The lowest BCUT2D eigenvalue weighted by Gasteiger charge is -2.47. The number of amides is 2. The molecule has 1 heterocycles. The molecular weight excluding hydrogens is 979 g/mol. The van der Waals surface area contributed by atoms with Gasteiger partial charge in [0.05, 0.1) is 18.2 Å². The van der Waals surface area contributed by atoms with Gasteiger partial charge in [-0.1, -0.05) is 55.7 Å². The number of hydrogen-bond acceptors (Lipinski definition) is 16. The lowest BCUT2D eigenvalue weighted by molar-refractivity contribution is -0.183. The number of hydrogen-bond donors (Lipinski definition) is 10. The van der Waals surface area contributed by atoms with Crippen molar-refractivity contribution in [3.63, 3.8) is 0 Å². The van der Waals surface area contributed by atoms with E-state index in [4.69, 9.17) is 0 Å². The number of carboxylic acid groups (broad SMARTS) is 2. The lowest BCUT2D eigenvalue weighted by Crippen LogP contribution is -2.60. The van der Waals surface area contributed by atoms with Gasteiger partial charge >= 0.3 is 23.9 Å². The van der Waals surface area contributed by atoms with Crippen LogP contribution in [0.5, 0.6) is 28.7 Å². The Balaban J connectivity index is 0.000000278.